The van der Waals surface area contributed by atoms with Gasteiger partial charge in [0.15, 0.2) is 11.5 Å². The van der Waals surface area contributed by atoms with E-state index in [0.717, 1.165) is 6.07 Å². The summed E-state index contributed by atoms with van der Waals surface area (Å²) in [6, 6.07) is 10.6. The molecule has 0 saturated carbocycles. The van der Waals surface area contributed by atoms with Crippen molar-refractivity contribution in [1.29, 1.82) is 0 Å². The van der Waals surface area contributed by atoms with Gasteiger partial charge in [-0.15, -0.1) is 0 Å². The van der Waals surface area contributed by atoms with Gasteiger partial charge in [0, 0.05) is 6.54 Å². The van der Waals surface area contributed by atoms with Crippen molar-refractivity contribution in [3.05, 3.63) is 53.1 Å². The maximum atomic E-state index is 13.2. The number of para-hydroxylation sites is 3. The van der Waals surface area contributed by atoms with Crippen molar-refractivity contribution in [2.45, 2.75) is 19.2 Å². The van der Waals surface area contributed by atoms with Gasteiger partial charge >= 0.3 is 6.18 Å². The molecule has 0 spiro atoms. The van der Waals surface area contributed by atoms with Gasteiger partial charge in [-0.1, -0.05) is 36.7 Å². The summed E-state index contributed by atoms with van der Waals surface area (Å²) in [5, 5.41) is 2.13. The van der Waals surface area contributed by atoms with E-state index in [1.165, 1.54) is 12.1 Å². The SMILES string of the molecule is CCN(CC(=O)Nc1c(Cl)cccc1C(F)(F)F)CC1COc2ccccc2O1. The molecule has 2 aromatic rings. The van der Waals surface area contributed by atoms with Gasteiger partial charge in [0.1, 0.15) is 12.7 Å². The van der Waals surface area contributed by atoms with Crippen LogP contribution in [0.2, 0.25) is 5.02 Å². The third kappa shape index (κ3) is 5.33. The van der Waals surface area contributed by atoms with E-state index >= 15 is 0 Å². The topological polar surface area (TPSA) is 50.8 Å². The first-order valence-electron chi connectivity index (χ1n) is 9.04. The zero-order valence-corrected chi connectivity index (χ0v) is 16.4. The number of benzene rings is 2. The first-order valence-corrected chi connectivity index (χ1v) is 9.42. The Hall–Kier alpha value is -2.45. The summed E-state index contributed by atoms with van der Waals surface area (Å²) in [6.07, 6.45) is -4.93. The van der Waals surface area contributed by atoms with E-state index in [2.05, 4.69) is 5.32 Å². The number of hydrogen-bond acceptors (Lipinski definition) is 4. The van der Waals surface area contributed by atoms with Gasteiger partial charge < -0.3 is 14.8 Å². The summed E-state index contributed by atoms with van der Waals surface area (Å²) < 4.78 is 51.1. The van der Waals surface area contributed by atoms with E-state index in [9.17, 15) is 18.0 Å². The summed E-state index contributed by atoms with van der Waals surface area (Å²) >= 11 is 5.89. The molecule has 3 rings (SSSR count). The second-order valence-electron chi connectivity index (χ2n) is 6.53. The average molecular weight is 429 g/mol. The predicted molar refractivity (Wildman–Crippen MR) is 104 cm³/mol. The number of nitrogens with one attached hydrogen (secondary N) is 1. The van der Waals surface area contributed by atoms with E-state index in [1.807, 2.05) is 19.1 Å². The normalized spacial score (nSPS) is 16.0. The number of hydrogen-bond donors (Lipinski definition) is 1. The number of carbonyl (C=O) groups is 1. The summed E-state index contributed by atoms with van der Waals surface area (Å²) in [7, 11) is 0. The molecule has 156 valence electrons. The van der Waals surface area contributed by atoms with E-state index in [-0.39, 0.29) is 17.7 Å². The molecule has 1 unspecified atom stereocenters. The molecule has 1 atom stereocenters. The number of amides is 1. The molecular formula is C20H20ClF3N2O3. The average Bonchev–Trinajstić information content (AvgIpc) is 2.68. The fourth-order valence-corrected chi connectivity index (χ4v) is 3.24. The van der Waals surface area contributed by atoms with Crippen LogP contribution in [0.5, 0.6) is 11.5 Å². The lowest BCUT2D eigenvalue weighted by atomic mass is 10.1. The van der Waals surface area contributed by atoms with Crippen LogP contribution in [0.25, 0.3) is 0 Å². The molecule has 0 radical (unpaired) electrons. The molecule has 1 heterocycles. The highest BCUT2D eigenvalue weighted by Gasteiger charge is 2.35. The monoisotopic (exact) mass is 428 g/mol. The fraction of sp³-hybridized carbons (Fsp3) is 0.350. The van der Waals surface area contributed by atoms with Crippen molar-refractivity contribution >= 4 is 23.2 Å². The van der Waals surface area contributed by atoms with Crippen LogP contribution < -0.4 is 14.8 Å². The third-order valence-corrected chi connectivity index (χ3v) is 4.74. The number of carbonyl (C=O) groups excluding carboxylic acids is 1. The Morgan fingerprint density at radius 3 is 2.62 bits per heavy atom. The molecule has 0 aromatic heterocycles. The minimum atomic E-state index is -4.63. The minimum absolute atomic E-state index is 0.111. The van der Waals surface area contributed by atoms with E-state index in [1.54, 1.807) is 17.0 Å². The minimum Gasteiger partial charge on any atom is -0.486 e. The highest BCUT2D eigenvalue weighted by Crippen LogP contribution is 2.38. The molecule has 5 nitrogen and oxygen atoms in total. The van der Waals surface area contributed by atoms with Crippen molar-refractivity contribution in [2.75, 3.05) is 31.6 Å². The number of anilines is 1. The molecule has 1 N–H and O–H groups in total. The molecule has 0 saturated heterocycles. The molecule has 0 fully saturated rings. The standard InChI is InChI=1S/C20H20ClF3N2O3/c1-2-26(10-13-12-28-16-8-3-4-9-17(16)29-13)11-18(27)25-19-14(20(22,23)24)6-5-7-15(19)21/h3-9,13H,2,10-12H2,1H3,(H,25,27). The number of rotatable bonds is 6. The number of likely N-dealkylation sites (N-methyl/N-ethyl adjacent to an activating group) is 1. The lowest BCUT2D eigenvalue weighted by Crippen LogP contribution is -2.43. The van der Waals surface area contributed by atoms with Crippen molar-refractivity contribution < 1.29 is 27.4 Å². The highest BCUT2D eigenvalue weighted by molar-refractivity contribution is 6.34. The summed E-state index contributed by atoms with van der Waals surface area (Å²) in [4.78, 5) is 14.2. The second kappa shape index (κ2) is 8.92. The molecule has 1 amide bonds. The maximum Gasteiger partial charge on any atom is 0.418 e. The summed E-state index contributed by atoms with van der Waals surface area (Å²) in [5.74, 6) is 0.681. The first-order chi connectivity index (χ1) is 13.8. The molecule has 2 aromatic carbocycles. The van der Waals surface area contributed by atoms with Crippen LogP contribution in [0.3, 0.4) is 0 Å². The number of nitrogens with zero attached hydrogens (tertiary/aromatic N) is 1. The number of fused-ring (bicyclic) bond motifs is 1. The van der Waals surface area contributed by atoms with Crippen molar-refractivity contribution in [2.24, 2.45) is 0 Å². The van der Waals surface area contributed by atoms with Crippen molar-refractivity contribution in [1.82, 2.24) is 4.90 Å². The summed E-state index contributed by atoms with van der Waals surface area (Å²) in [5.41, 5.74) is -1.42. The molecule has 0 bridgehead atoms. The Morgan fingerprint density at radius 1 is 1.21 bits per heavy atom. The van der Waals surface area contributed by atoms with Crippen LogP contribution in [-0.4, -0.2) is 43.2 Å². The highest BCUT2D eigenvalue weighted by atomic mass is 35.5. The first kappa shape index (κ1) is 21.3. The predicted octanol–water partition coefficient (Wildman–Crippen LogP) is 4.46. The molecule has 1 aliphatic heterocycles. The molecule has 29 heavy (non-hydrogen) atoms. The quantitative estimate of drug-likeness (QED) is 0.738. The Morgan fingerprint density at radius 2 is 1.93 bits per heavy atom. The van der Waals surface area contributed by atoms with Gasteiger partial charge in [0.25, 0.3) is 0 Å². The van der Waals surface area contributed by atoms with Gasteiger partial charge in [-0.3, -0.25) is 9.69 Å². The fourth-order valence-electron chi connectivity index (χ4n) is 3.02. The Bertz CT molecular complexity index is 876. The lowest BCUT2D eigenvalue weighted by Gasteiger charge is -2.30. The zero-order chi connectivity index (χ0) is 21.0. The Balaban J connectivity index is 1.63. The number of halogens is 4. The van der Waals surface area contributed by atoms with E-state index in [4.69, 9.17) is 21.1 Å². The Kier molecular flexibility index (Phi) is 6.54. The largest absolute Gasteiger partial charge is 0.486 e. The van der Waals surface area contributed by atoms with Crippen molar-refractivity contribution in [3.63, 3.8) is 0 Å². The van der Waals surface area contributed by atoms with Crippen LogP contribution in [-0.2, 0) is 11.0 Å². The number of alkyl halides is 3. The van der Waals surface area contributed by atoms with Gasteiger partial charge in [-0.05, 0) is 30.8 Å². The van der Waals surface area contributed by atoms with Crippen LogP contribution in [0, 0.1) is 0 Å². The zero-order valence-electron chi connectivity index (χ0n) is 15.6. The molecular weight excluding hydrogens is 409 g/mol. The third-order valence-electron chi connectivity index (χ3n) is 4.43. The van der Waals surface area contributed by atoms with Crippen molar-refractivity contribution in [3.8, 4) is 11.5 Å². The van der Waals surface area contributed by atoms with E-state index in [0.29, 0.717) is 31.2 Å². The molecule has 9 heteroatoms. The summed E-state index contributed by atoms with van der Waals surface area (Å²) in [6.45, 7) is 2.94. The van der Waals surface area contributed by atoms with Gasteiger partial charge in [-0.25, -0.2) is 0 Å². The molecule has 1 aliphatic rings. The van der Waals surface area contributed by atoms with Crippen LogP contribution >= 0.6 is 11.6 Å². The Labute approximate surface area is 171 Å². The van der Waals surface area contributed by atoms with Gasteiger partial charge in [0.2, 0.25) is 5.91 Å². The smallest absolute Gasteiger partial charge is 0.418 e. The second-order valence-corrected chi connectivity index (χ2v) is 6.94. The van der Waals surface area contributed by atoms with Crippen LogP contribution in [0.15, 0.2) is 42.5 Å². The van der Waals surface area contributed by atoms with Gasteiger partial charge in [0.05, 0.1) is 22.8 Å². The van der Waals surface area contributed by atoms with Crippen LogP contribution in [0.4, 0.5) is 18.9 Å². The lowest BCUT2D eigenvalue weighted by molar-refractivity contribution is -0.137. The van der Waals surface area contributed by atoms with E-state index < -0.39 is 23.3 Å². The molecule has 0 aliphatic carbocycles. The van der Waals surface area contributed by atoms with Crippen LogP contribution in [0.1, 0.15) is 12.5 Å². The number of ether oxygens (including phenoxy) is 2. The maximum absolute atomic E-state index is 13.2. The van der Waals surface area contributed by atoms with Gasteiger partial charge in [-0.2, -0.15) is 13.2 Å².